The molecule has 4 heteroatoms. The van der Waals surface area contributed by atoms with E-state index in [2.05, 4.69) is 0 Å². The second kappa shape index (κ2) is 5.52. The number of aldehydes is 1. The fourth-order valence-corrected chi connectivity index (χ4v) is 2.08. The van der Waals surface area contributed by atoms with Crippen LogP contribution in [0.1, 0.15) is 22.7 Å². The Kier molecular flexibility index (Phi) is 4.54. The average molecular weight is 256 g/mol. The molecule has 1 aromatic carbocycles. The molecule has 0 aromatic heterocycles. The van der Waals surface area contributed by atoms with Crippen molar-refractivity contribution < 1.29 is 9.53 Å². The van der Waals surface area contributed by atoms with Crippen molar-refractivity contribution >= 4 is 17.9 Å². The third kappa shape index (κ3) is 2.61. The van der Waals surface area contributed by atoms with Gasteiger partial charge in [0.1, 0.15) is 12.0 Å². The van der Waals surface area contributed by atoms with Gasteiger partial charge in [0.25, 0.3) is 0 Å². The van der Waals surface area contributed by atoms with Crippen LogP contribution in [0, 0.1) is 13.8 Å². The second-order valence-electron chi connectivity index (χ2n) is 4.29. The fraction of sp³-hybridized carbons (Fsp3) is 0.462. The van der Waals surface area contributed by atoms with E-state index in [9.17, 15) is 4.79 Å². The van der Waals surface area contributed by atoms with Crippen LogP contribution in [0.3, 0.4) is 0 Å². The highest BCUT2D eigenvalue weighted by atomic mass is 35.5. The van der Waals surface area contributed by atoms with Crippen LogP contribution < -0.4 is 4.74 Å². The van der Waals surface area contributed by atoms with Gasteiger partial charge in [0.15, 0.2) is 0 Å². The zero-order chi connectivity index (χ0) is 13.2. The summed E-state index contributed by atoms with van der Waals surface area (Å²) in [4.78, 5) is 13.1. The Balaban J connectivity index is 3.49. The van der Waals surface area contributed by atoms with Gasteiger partial charge in [-0.25, -0.2) is 0 Å². The molecule has 94 valence electrons. The molecule has 0 N–H and O–H groups in total. The molecule has 0 aliphatic heterocycles. The van der Waals surface area contributed by atoms with Gasteiger partial charge in [-0.2, -0.15) is 0 Å². The van der Waals surface area contributed by atoms with Crippen molar-refractivity contribution in [1.82, 2.24) is 4.90 Å². The van der Waals surface area contributed by atoms with Gasteiger partial charge in [0.2, 0.25) is 0 Å². The molecular weight excluding hydrogens is 238 g/mol. The van der Waals surface area contributed by atoms with E-state index in [0.29, 0.717) is 10.8 Å². The Morgan fingerprint density at radius 3 is 2.41 bits per heavy atom. The average Bonchev–Trinajstić information content (AvgIpc) is 2.29. The van der Waals surface area contributed by atoms with E-state index >= 15 is 0 Å². The second-order valence-corrected chi connectivity index (χ2v) is 4.67. The van der Waals surface area contributed by atoms with Gasteiger partial charge in [0.05, 0.1) is 13.2 Å². The SMILES string of the molecule is COc1cc(C)c(Cl)c(C)c1C(C=O)N(C)C. The van der Waals surface area contributed by atoms with Crippen LogP contribution in [0.4, 0.5) is 0 Å². The molecule has 0 heterocycles. The van der Waals surface area contributed by atoms with Crippen LogP contribution in [0.15, 0.2) is 6.07 Å². The summed E-state index contributed by atoms with van der Waals surface area (Å²) in [6.07, 6.45) is 0.899. The maximum Gasteiger partial charge on any atom is 0.141 e. The monoisotopic (exact) mass is 255 g/mol. The number of carbonyl (C=O) groups is 1. The largest absolute Gasteiger partial charge is 0.496 e. The molecule has 17 heavy (non-hydrogen) atoms. The molecule has 0 saturated carbocycles. The third-order valence-corrected chi connectivity index (χ3v) is 3.48. The summed E-state index contributed by atoms with van der Waals surface area (Å²) in [5.74, 6) is 0.704. The molecule has 1 atom stereocenters. The van der Waals surface area contributed by atoms with Crippen molar-refractivity contribution in [3.05, 3.63) is 27.8 Å². The Labute approximate surface area is 107 Å². The predicted octanol–water partition coefficient (Wildman–Crippen LogP) is 2.77. The highest BCUT2D eigenvalue weighted by Gasteiger charge is 2.22. The van der Waals surface area contributed by atoms with E-state index < -0.39 is 0 Å². The van der Waals surface area contributed by atoms with Crippen LogP contribution in [0.2, 0.25) is 5.02 Å². The van der Waals surface area contributed by atoms with E-state index in [0.717, 1.165) is 23.0 Å². The standard InChI is InChI=1S/C13H18ClNO2/c1-8-6-11(17-5)12(9(2)13(8)14)10(7-16)15(3)4/h6-7,10H,1-5H3. The minimum Gasteiger partial charge on any atom is -0.496 e. The minimum atomic E-state index is -0.344. The lowest BCUT2D eigenvalue weighted by molar-refractivity contribution is -0.111. The van der Waals surface area contributed by atoms with E-state index in [1.54, 1.807) is 7.11 Å². The number of aryl methyl sites for hydroxylation is 1. The van der Waals surface area contributed by atoms with E-state index in [1.807, 2.05) is 38.9 Å². The molecule has 1 aromatic rings. The molecule has 0 aliphatic rings. The highest BCUT2D eigenvalue weighted by Crippen LogP contribution is 2.36. The predicted molar refractivity (Wildman–Crippen MR) is 70.0 cm³/mol. The molecule has 0 radical (unpaired) electrons. The van der Waals surface area contributed by atoms with Crippen LogP contribution in [-0.2, 0) is 4.79 Å². The maximum absolute atomic E-state index is 11.2. The number of likely N-dealkylation sites (N-methyl/N-ethyl adjacent to an activating group) is 1. The van der Waals surface area contributed by atoms with Crippen molar-refractivity contribution in [2.45, 2.75) is 19.9 Å². The van der Waals surface area contributed by atoms with Crippen molar-refractivity contribution in [2.24, 2.45) is 0 Å². The quantitative estimate of drug-likeness (QED) is 0.775. The summed E-state index contributed by atoms with van der Waals surface area (Å²) in [6.45, 7) is 3.83. The topological polar surface area (TPSA) is 29.5 Å². The number of methoxy groups -OCH3 is 1. The first-order valence-corrected chi connectivity index (χ1v) is 5.77. The first-order chi connectivity index (χ1) is 7.93. The molecule has 0 fully saturated rings. The zero-order valence-corrected chi connectivity index (χ0v) is 11.6. The molecule has 1 rings (SSSR count). The van der Waals surface area contributed by atoms with Gasteiger partial charge in [-0.15, -0.1) is 0 Å². The molecule has 0 saturated heterocycles. The summed E-state index contributed by atoms with van der Waals surface area (Å²) in [5, 5.41) is 0.689. The first-order valence-electron chi connectivity index (χ1n) is 5.39. The lowest BCUT2D eigenvalue weighted by atomic mass is 9.97. The highest BCUT2D eigenvalue weighted by molar-refractivity contribution is 6.32. The summed E-state index contributed by atoms with van der Waals surface area (Å²) in [6, 6.07) is 1.52. The zero-order valence-electron chi connectivity index (χ0n) is 10.9. The van der Waals surface area contributed by atoms with E-state index in [1.165, 1.54) is 0 Å². The minimum absolute atomic E-state index is 0.344. The summed E-state index contributed by atoms with van der Waals surface area (Å²) >= 11 is 6.23. The lowest BCUT2D eigenvalue weighted by Crippen LogP contribution is -2.22. The maximum atomic E-state index is 11.2. The first kappa shape index (κ1) is 14.0. The molecule has 0 amide bonds. The fourth-order valence-electron chi connectivity index (χ4n) is 1.92. The van der Waals surface area contributed by atoms with Gasteiger partial charge >= 0.3 is 0 Å². The molecule has 0 aliphatic carbocycles. The van der Waals surface area contributed by atoms with Crippen LogP contribution >= 0.6 is 11.6 Å². The van der Waals surface area contributed by atoms with Crippen molar-refractivity contribution in [2.75, 3.05) is 21.2 Å². The van der Waals surface area contributed by atoms with Crippen molar-refractivity contribution in [3.8, 4) is 5.75 Å². The summed E-state index contributed by atoms with van der Waals surface area (Å²) in [5.41, 5.74) is 2.69. The number of benzene rings is 1. The number of carbonyl (C=O) groups excluding carboxylic acids is 1. The van der Waals surface area contributed by atoms with Gasteiger partial charge in [0, 0.05) is 10.6 Å². The molecule has 3 nitrogen and oxygen atoms in total. The van der Waals surface area contributed by atoms with E-state index in [4.69, 9.17) is 16.3 Å². The van der Waals surface area contributed by atoms with Gasteiger partial charge in [-0.05, 0) is 45.1 Å². The normalized spacial score (nSPS) is 12.6. The lowest BCUT2D eigenvalue weighted by Gasteiger charge is -2.24. The number of rotatable bonds is 4. The van der Waals surface area contributed by atoms with Gasteiger partial charge in [-0.3, -0.25) is 4.90 Å². The van der Waals surface area contributed by atoms with E-state index in [-0.39, 0.29) is 6.04 Å². The van der Waals surface area contributed by atoms with Crippen LogP contribution in [0.5, 0.6) is 5.75 Å². The number of ether oxygens (including phenoxy) is 1. The Morgan fingerprint density at radius 2 is 2.00 bits per heavy atom. The van der Waals surface area contributed by atoms with Gasteiger partial charge in [-0.1, -0.05) is 11.6 Å². The Hall–Kier alpha value is -1.06. The van der Waals surface area contributed by atoms with Crippen molar-refractivity contribution in [1.29, 1.82) is 0 Å². The molecule has 0 spiro atoms. The van der Waals surface area contributed by atoms with Crippen LogP contribution in [0.25, 0.3) is 0 Å². The van der Waals surface area contributed by atoms with Crippen LogP contribution in [-0.4, -0.2) is 32.4 Å². The smallest absolute Gasteiger partial charge is 0.141 e. The summed E-state index contributed by atoms with van der Waals surface area (Å²) < 4.78 is 5.35. The van der Waals surface area contributed by atoms with Gasteiger partial charge < -0.3 is 9.53 Å². The molecule has 0 bridgehead atoms. The number of hydrogen-bond acceptors (Lipinski definition) is 3. The number of hydrogen-bond donors (Lipinski definition) is 0. The Morgan fingerprint density at radius 1 is 1.41 bits per heavy atom. The Bertz CT molecular complexity index is 430. The number of nitrogens with zero attached hydrogens (tertiary/aromatic N) is 1. The molecule has 1 unspecified atom stereocenters. The summed E-state index contributed by atoms with van der Waals surface area (Å²) in [7, 11) is 5.31. The van der Waals surface area contributed by atoms with Crippen molar-refractivity contribution in [3.63, 3.8) is 0 Å². The number of halogens is 1. The molecular formula is C13H18ClNO2. The third-order valence-electron chi connectivity index (χ3n) is 2.89.